The third-order valence-corrected chi connectivity index (χ3v) is 4.60. The van der Waals surface area contributed by atoms with Crippen LogP contribution in [0.15, 0.2) is 23.2 Å². The van der Waals surface area contributed by atoms with Crippen LogP contribution in [0.4, 0.5) is 0 Å². The topological polar surface area (TPSA) is 114 Å². The lowest BCUT2D eigenvalue weighted by atomic mass is 10.1. The number of hydrogen-bond acceptors (Lipinski definition) is 5. The Morgan fingerprint density at radius 1 is 1.50 bits per heavy atom. The van der Waals surface area contributed by atoms with Crippen LogP contribution in [0.25, 0.3) is 0 Å². The highest BCUT2D eigenvalue weighted by Crippen LogP contribution is 2.11. The number of nitrogens with one attached hydrogen (secondary N) is 2. The summed E-state index contributed by atoms with van der Waals surface area (Å²) in [5, 5.41) is 2.62. The Balaban J connectivity index is 2.10. The minimum absolute atomic E-state index is 0.0365. The predicted octanol–water partition coefficient (Wildman–Crippen LogP) is -0.727. The van der Waals surface area contributed by atoms with E-state index in [-0.39, 0.29) is 28.4 Å². The summed E-state index contributed by atoms with van der Waals surface area (Å²) in [5.41, 5.74) is 5.76. The maximum absolute atomic E-state index is 12.1. The van der Waals surface area contributed by atoms with Crippen LogP contribution < -0.4 is 15.8 Å². The fourth-order valence-electron chi connectivity index (χ4n) is 1.81. The molecule has 1 aliphatic heterocycles. The van der Waals surface area contributed by atoms with Crippen molar-refractivity contribution < 1.29 is 13.2 Å². The molecular formula is C11H14N4O3S2. The van der Waals surface area contributed by atoms with E-state index in [2.05, 4.69) is 15.0 Å². The summed E-state index contributed by atoms with van der Waals surface area (Å²) in [6, 6.07) is 2.54. The SMILES string of the molecule is NC(=S)c1ccc(S(=O)(=O)NC2CCC(=O)NC2)cn1. The smallest absolute Gasteiger partial charge is 0.242 e. The fraction of sp³-hybridized carbons (Fsp3) is 0.364. The van der Waals surface area contributed by atoms with Gasteiger partial charge in [-0.05, 0) is 18.6 Å². The summed E-state index contributed by atoms with van der Waals surface area (Å²) in [6.07, 6.45) is 1.99. The Hall–Kier alpha value is -1.58. The molecule has 20 heavy (non-hydrogen) atoms. The van der Waals surface area contributed by atoms with Crippen molar-refractivity contribution in [2.75, 3.05) is 6.54 Å². The number of piperidine rings is 1. The number of pyridine rings is 1. The van der Waals surface area contributed by atoms with Crippen LogP contribution in [0.3, 0.4) is 0 Å². The molecule has 1 saturated heterocycles. The Kier molecular flexibility index (Phi) is 4.31. The van der Waals surface area contributed by atoms with Crippen molar-refractivity contribution in [1.82, 2.24) is 15.0 Å². The molecule has 9 heteroatoms. The lowest BCUT2D eigenvalue weighted by Gasteiger charge is -2.23. The van der Waals surface area contributed by atoms with Crippen molar-refractivity contribution in [3.05, 3.63) is 24.0 Å². The van der Waals surface area contributed by atoms with Gasteiger partial charge in [-0.3, -0.25) is 9.78 Å². The largest absolute Gasteiger partial charge is 0.388 e. The van der Waals surface area contributed by atoms with Gasteiger partial charge in [-0.1, -0.05) is 12.2 Å². The maximum Gasteiger partial charge on any atom is 0.242 e. The lowest BCUT2D eigenvalue weighted by Crippen LogP contribution is -2.47. The fourth-order valence-corrected chi connectivity index (χ4v) is 3.14. The molecule has 7 nitrogen and oxygen atoms in total. The second kappa shape index (κ2) is 5.81. The molecule has 1 amide bonds. The maximum atomic E-state index is 12.1. The van der Waals surface area contributed by atoms with Crippen molar-refractivity contribution >= 4 is 33.1 Å². The first kappa shape index (κ1) is 14.8. The van der Waals surface area contributed by atoms with Crippen LogP contribution in [0.2, 0.25) is 0 Å². The van der Waals surface area contributed by atoms with E-state index < -0.39 is 10.0 Å². The van der Waals surface area contributed by atoms with Gasteiger partial charge < -0.3 is 11.1 Å². The van der Waals surface area contributed by atoms with Gasteiger partial charge in [0.05, 0.1) is 5.69 Å². The van der Waals surface area contributed by atoms with E-state index in [1.165, 1.54) is 18.3 Å². The molecular weight excluding hydrogens is 300 g/mol. The van der Waals surface area contributed by atoms with Crippen molar-refractivity contribution in [1.29, 1.82) is 0 Å². The molecule has 1 aliphatic rings. The zero-order valence-corrected chi connectivity index (χ0v) is 12.1. The zero-order chi connectivity index (χ0) is 14.8. The highest BCUT2D eigenvalue weighted by atomic mass is 32.2. The van der Waals surface area contributed by atoms with Gasteiger partial charge in [0.25, 0.3) is 0 Å². The molecule has 0 spiro atoms. The summed E-state index contributed by atoms with van der Waals surface area (Å²) < 4.78 is 26.8. The molecule has 0 radical (unpaired) electrons. The van der Waals surface area contributed by atoms with Gasteiger partial charge in [-0.2, -0.15) is 0 Å². The number of nitrogens with two attached hydrogens (primary N) is 1. The summed E-state index contributed by atoms with van der Waals surface area (Å²) in [7, 11) is -3.67. The van der Waals surface area contributed by atoms with Crippen LogP contribution in [0.5, 0.6) is 0 Å². The molecule has 1 aromatic rings. The number of rotatable bonds is 4. The first-order valence-corrected chi connectivity index (χ1v) is 7.82. The highest BCUT2D eigenvalue weighted by Gasteiger charge is 2.24. The van der Waals surface area contributed by atoms with Crippen molar-refractivity contribution in [2.45, 2.75) is 23.8 Å². The van der Waals surface area contributed by atoms with Crippen molar-refractivity contribution in [3.8, 4) is 0 Å². The van der Waals surface area contributed by atoms with Crippen LogP contribution >= 0.6 is 12.2 Å². The zero-order valence-electron chi connectivity index (χ0n) is 10.5. The summed E-state index contributed by atoms with van der Waals surface area (Å²) in [5.74, 6) is -0.0667. The first-order valence-electron chi connectivity index (χ1n) is 5.93. The van der Waals surface area contributed by atoms with Crippen LogP contribution in [0, 0.1) is 0 Å². The van der Waals surface area contributed by atoms with E-state index in [1.54, 1.807) is 0 Å². The molecule has 0 aromatic carbocycles. The molecule has 1 aromatic heterocycles. The highest BCUT2D eigenvalue weighted by molar-refractivity contribution is 7.89. The molecule has 4 N–H and O–H groups in total. The Bertz CT molecular complexity index is 618. The van der Waals surface area contributed by atoms with Crippen LogP contribution in [0.1, 0.15) is 18.5 Å². The number of carbonyl (C=O) groups is 1. The average Bonchev–Trinajstić information content (AvgIpc) is 2.41. The quantitative estimate of drug-likeness (QED) is 0.632. The predicted molar refractivity (Wildman–Crippen MR) is 76.5 cm³/mol. The number of hydrogen-bond donors (Lipinski definition) is 3. The number of sulfonamides is 1. The van der Waals surface area contributed by atoms with Crippen molar-refractivity contribution in [2.24, 2.45) is 5.73 Å². The van der Waals surface area contributed by atoms with E-state index in [0.29, 0.717) is 18.5 Å². The van der Waals surface area contributed by atoms with E-state index in [9.17, 15) is 13.2 Å². The van der Waals surface area contributed by atoms with E-state index in [4.69, 9.17) is 18.0 Å². The third-order valence-electron chi connectivity index (χ3n) is 2.89. The van der Waals surface area contributed by atoms with Gasteiger partial charge in [0, 0.05) is 25.2 Å². The average molecular weight is 314 g/mol. The Labute approximate surface area is 122 Å². The number of nitrogens with zero attached hydrogens (tertiary/aromatic N) is 1. The molecule has 0 aliphatic carbocycles. The molecule has 0 saturated carbocycles. The van der Waals surface area contributed by atoms with Gasteiger partial charge in [-0.15, -0.1) is 0 Å². The van der Waals surface area contributed by atoms with Gasteiger partial charge in [-0.25, -0.2) is 13.1 Å². The molecule has 0 bridgehead atoms. The third kappa shape index (κ3) is 3.50. The van der Waals surface area contributed by atoms with Crippen LogP contribution in [-0.4, -0.2) is 36.9 Å². The van der Waals surface area contributed by atoms with Crippen LogP contribution in [-0.2, 0) is 14.8 Å². The van der Waals surface area contributed by atoms with E-state index >= 15 is 0 Å². The number of amides is 1. The Morgan fingerprint density at radius 3 is 2.75 bits per heavy atom. The lowest BCUT2D eigenvalue weighted by molar-refractivity contribution is -0.122. The molecule has 1 fully saturated rings. The molecule has 2 heterocycles. The summed E-state index contributed by atoms with van der Waals surface area (Å²) in [4.78, 5) is 15.1. The number of aromatic nitrogens is 1. The van der Waals surface area contributed by atoms with E-state index in [0.717, 1.165) is 0 Å². The van der Waals surface area contributed by atoms with Gasteiger partial charge in [0.15, 0.2) is 0 Å². The van der Waals surface area contributed by atoms with Gasteiger partial charge in [0.1, 0.15) is 9.88 Å². The molecule has 1 atom stereocenters. The van der Waals surface area contributed by atoms with Gasteiger partial charge in [0.2, 0.25) is 15.9 Å². The monoisotopic (exact) mass is 314 g/mol. The first-order chi connectivity index (χ1) is 9.38. The molecule has 2 rings (SSSR count). The number of thiocarbonyl (C=S) groups is 1. The second-order valence-corrected chi connectivity index (χ2v) is 6.56. The minimum atomic E-state index is -3.67. The van der Waals surface area contributed by atoms with E-state index in [1.807, 2.05) is 0 Å². The summed E-state index contributed by atoms with van der Waals surface area (Å²) in [6.45, 7) is 0.288. The Morgan fingerprint density at radius 2 is 2.25 bits per heavy atom. The summed E-state index contributed by atoms with van der Waals surface area (Å²) >= 11 is 4.75. The molecule has 1 unspecified atom stereocenters. The molecule has 108 valence electrons. The van der Waals surface area contributed by atoms with Crippen molar-refractivity contribution in [3.63, 3.8) is 0 Å². The number of carbonyl (C=O) groups excluding carboxylic acids is 1. The second-order valence-electron chi connectivity index (χ2n) is 4.40. The van der Waals surface area contributed by atoms with Gasteiger partial charge >= 0.3 is 0 Å². The standard InChI is InChI=1S/C11H14N4O3S2/c12-11(19)9-3-2-8(6-13-9)20(17,18)15-7-1-4-10(16)14-5-7/h2-3,6-7,15H,1,4-5H2,(H2,12,19)(H,14,16). The minimum Gasteiger partial charge on any atom is -0.388 e. The normalized spacial score (nSPS) is 19.4.